The summed E-state index contributed by atoms with van der Waals surface area (Å²) in [5, 5.41) is 0. The molecule has 0 spiro atoms. The van der Waals surface area contributed by atoms with E-state index in [2.05, 4.69) is 32.9 Å². The molecule has 16 rings (SSSR count). The standard InChI is InChI=1S/C13H14NO.2C13H22NO.C12H16NO2.C12H10NO2.C12H18NO.C12H12NO.C11H10NO.C7H10NO.C6H8NO/c1-12-7-5-6-10-14(12)15-11-13-8-3-2-4-9-13;1-3-5-9-13(4-2)12-15-14-10-7-6-8-11-14;1-2-3-4-5-6-10-13-15-14-11-8-7-9-12-14;2*14-12(11-7-3-1-4-8-11)15-13-9-5-2-6-10-13;2*1-3-7-12(8-4-1)11-14-13-9-5-2-6-10-13;1-3-7-11(8-4-1)13-12-9-5-2-6-10-12;1-7-5-3-4-6-8(7)9-2;1-8-7-5-3-2-4-6-7/h2-10H,11H2,1H3;6-8,10-11,13H,3-5,9,12H2,1-2H3;7-9,11-12H,2-6,10,13H2,1H3;2,5-6,9-11H,1,3-4,7-8H2;1-10H;2,5-6,9-10,12H,1,3-4,7-8,11H2;1-10H,11H2;1-10H;3-6H,1-2H3;2-6H,1H3/q10*+1. The first kappa shape index (κ1) is 106. The van der Waals surface area contributed by atoms with Gasteiger partial charge in [0.15, 0.2) is 33.0 Å². The molecule has 10 heterocycles. The SMILES string of the molecule is CCCCC(CC)CO[n+]1ccccc1.CCCCCCCCO[n+]1ccccc1.CO[n+]1ccccc1.CO[n+]1ccccc1C.Cc1cccc[n+]1OCc1ccccc1.O=C(O[n+]1ccccc1)C1CCCCC1.O=C(O[n+]1ccccc1)c1ccccc1.c1cc[n+](OCC2CCCCC2)cc1.c1ccc(CO[n+]2ccccc2)cc1.c1ccc(O[n+]2ccccc2)cc1. The van der Waals surface area contributed by atoms with E-state index in [1.54, 1.807) is 113 Å². The van der Waals surface area contributed by atoms with E-state index in [0.717, 1.165) is 75.0 Å². The van der Waals surface area contributed by atoms with Crippen LogP contribution in [0.2, 0.25) is 0 Å². The number of pyridine rings is 10. The Morgan fingerprint density at radius 2 is 0.692 bits per heavy atom. The van der Waals surface area contributed by atoms with Crippen LogP contribution in [0.3, 0.4) is 0 Å². The second kappa shape index (κ2) is 69.7. The number of benzene rings is 4. The van der Waals surface area contributed by atoms with Crippen LogP contribution < -0.4 is 95.7 Å². The number of rotatable bonds is 32. The molecular formula is C111H142N10O12+10. The van der Waals surface area contributed by atoms with Gasteiger partial charge in [0.2, 0.25) is 129 Å². The molecule has 2 aliphatic carbocycles. The van der Waals surface area contributed by atoms with Crippen molar-refractivity contribution in [2.24, 2.45) is 17.8 Å². The minimum absolute atomic E-state index is 0.0918. The topological polar surface area (TPSA) is 165 Å². The highest BCUT2D eigenvalue weighted by molar-refractivity contribution is 5.89. The second-order valence-electron chi connectivity index (χ2n) is 31.1. The maximum absolute atomic E-state index is 11.7. The fraction of sp³-hybridized carbons (Fsp3) is 0.315. The van der Waals surface area contributed by atoms with Gasteiger partial charge < -0.3 is 0 Å². The summed E-state index contributed by atoms with van der Waals surface area (Å²) < 4.78 is 16.7. The monoisotopic (exact) mass is 1810 g/mol. The average Bonchev–Trinajstić information content (AvgIpc) is 0.893. The molecule has 22 nitrogen and oxygen atoms in total. The van der Waals surface area contributed by atoms with Crippen molar-refractivity contribution in [1.29, 1.82) is 0 Å². The van der Waals surface area contributed by atoms with Gasteiger partial charge in [-0.3, -0.25) is 33.9 Å². The molecule has 22 heteroatoms. The van der Waals surface area contributed by atoms with Crippen molar-refractivity contribution in [3.8, 4) is 5.75 Å². The molecule has 0 N–H and O–H groups in total. The molecule has 14 aromatic rings. The predicted octanol–water partition coefficient (Wildman–Crippen LogP) is 15.8. The summed E-state index contributed by atoms with van der Waals surface area (Å²) in [7, 11) is 3.27. The third-order valence-electron chi connectivity index (χ3n) is 20.6. The van der Waals surface area contributed by atoms with Crippen molar-refractivity contribution in [3.63, 3.8) is 0 Å². The normalized spacial score (nSPS) is 11.7. The summed E-state index contributed by atoms with van der Waals surface area (Å²) >= 11 is 0. The molecule has 1 unspecified atom stereocenters. The molecule has 698 valence electrons. The third kappa shape index (κ3) is 49.4. The lowest BCUT2D eigenvalue weighted by Crippen LogP contribution is -2.47. The summed E-state index contributed by atoms with van der Waals surface area (Å²) in [5.74, 6) is 1.94. The van der Waals surface area contributed by atoms with Crippen LogP contribution in [0.15, 0.2) is 415 Å². The van der Waals surface area contributed by atoms with Gasteiger partial charge in [0.1, 0.15) is 14.2 Å². The van der Waals surface area contributed by atoms with E-state index in [4.69, 9.17) is 48.4 Å². The van der Waals surface area contributed by atoms with E-state index in [1.165, 1.54) is 117 Å². The average molecular weight is 1810 g/mol. The number of aromatic nitrogens is 10. The van der Waals surface area contributed by atoms with Gasteiger partial charge in [0.25, 0.3) is 0 Å². The maximum Gasteiger partial charge on any atom is 0.411 e. The fourth-order valence-corrected chi connectivity index (χ4v) is 13.1. The highest BCUT2D eigenvalue weighted by Gasteiger charge is 2.26. The smallest absolute Gasteiger partial charge is 0.275 e. The summed E-state index contributed by atoms with van der Waals surface area (Å²) in [6.07, 6.45) is 58.6. The van der Waals surface area contributed by atoms with E-state index in [0.29, 0.717) is 24.7 Å². The lowest BCUT2D eigenvalue weighted by atomic mass is 9.89. The minimum atomic E-state index is -0.369. The van der Waals surface area contributed by atoms with Gasteiger partial charge in [-0.2, -0.15) is 9.68 Å². The van der Waals surface area contributed by atoms with Gasteiger partial charge in [-0.1, -0.05) is 243 Å². The number of para-hydroxylation sites is 1. The number of carbonyl (C=O) groups is 2. The van der Waals surface area contributed by atoms with Crippen molar-refractivity contribution in [2.75, 3.05) is 34.0 Å². The first-order valence-corrected chi connectivity index (χ1v) is 46.7. The highest BCUT2D eigenvalue weighted by atomic mass is 16.7. The van der Waals surface area contributed by atoms with Crippen molar-refractivity contribution in [2.45, 2.75) is 176 Å². The van der Waals surface area contributed by atoms with Crippen molar-refractivity contribution in [1.82, 2.24) is 0 Å². The summed E-state index contributed by atoms with van der Waals surface area (Å²) in [6, 6.07) is 96.9. The van der Waals surface area contributed by atoms with Gasteiger partial charge in [-0.25, -0.2) is 14.4 Å². The Morgan fingerprint density at radius 1 is 0.323 bits per heavy atom. The Labute approximate surface area is 789 Å². The quantitative estimate of drug-likeness (QED) is 0.0290. The van der Waals surface area contributed by atoms with Crippen molar-refractivity contribution in [3.05, 3.63) is 443 Å². The maximum atomic E-state index is 11.7. The number of hydrogen-bond acceptors (Lipinski definition) is 12. The van der Waals surface area contributed by atoms with Crippen molar-refractivity contribution >= 4 is 11.9 Å². The zero-order chi connectivity index (χ0) is 94.0. The van der Waals surface area contributed by atoms with Crippen LogP contribution in [-0.2, 0) is 18.0 Å². The number of unbranched alkanes of at least 4 members (excludes halogenated alkanes) is 6. The van der Waals surface area contributed by atoms with E-state index < -0.39 is 0 Å². The minimum Gasteiger partial charge on any atom is -0.275 e. The molecule has 0 bridgehead atoms. The molecule has 133 heavy (non-hydrogen) atoms. The van der Waals surface area contributed by atoms with Crippen LogP contribution in [0.25, 0.3) is 0 Å². The molecule has 1 atom stereocenters. The van der Waals surface area contributed by atoms with E-state index in [-0.39, 0.29) is 17.9 Å². The molecule has 2 saturated carbocycles. The Morgan fingerprint density at radius 3 is 1.14 bits per heavy atom. The molecule has 0 amide bonds. The molecule has 10 aromatic heterocycles. The lowest BCUT2D eigenvalue weighted by Gasteiger charge is -2.18. The Balaban J connectivity index is 0.000000203. The number of nitrogens with zero attached hydrogens (tertiary/aromatic N) is 10. The predicted molar refractivity (Wildman–Crippen MR) is 510 cm³/mol. The third-order valence-corrected chi connectivity index (χ3v) is 20.6. The van der Waals surface area contributed by atoms with E-state index >= 15 is 0 Å². The number of carbonyl (C=O) groups excluding carboxylic acids is 2. The van der Waals surface area contributed by atoms with Crippen LogP contribution >= 0.6 is 0 Å². The Hall–Kier alpha value is -14.3. The van der Waals surface area contributed by atoms with Crippen LogP contribution in [0.5, 0.6) is 5.75 Å². The Kier molecular flexibility index (Phi) is 55.4. The summed E-state index contributed by atoms with van der Waals surface area (Å²) in [4.78, 5) is 76.9. The molecule has 2 aliphatic rings. The van der Waals surface area contributed by atoms with E-state index in [1.807, 2.05) is 355 Å². The number of aryl methyl sites for hydroxylation is 2. The molecule has 0 radical (unpaired) electrons. The van der Waals surface area contributed by atoms with Gasteiger partial charge in [0.05, 0.1) is 11.5 Å². The van der Waals surface area contributed by atoms with E-state index in [9.17, 15) is 9.59 Å². The summed E-state index contributed by atoms with van der Waals surface area (Å²) in [5.41, 5.74) is 5.07. The number of hydrogen-bond donors (Lipinski definition) is 0. The van der Waals surface area contributed by atoms with Crippen LogP contribution in [0.4, 0.5) is 0 Å². The van der Waals surface area contributed by atoms with Crippen LogP contribution in [0, 0.1) is 31.6 Å². The molecular weight excluding hydrogens is 1670 g/mol. The fourth-order valence-electron chi connectivity index (χ4n) is 13.1. The lowest BCUT2D eigenvalue weighted by molar-refractivity contribution is -0.899. The van der Waals surface area contributed by atoms with Gasteiger partial charge in [-0.15, -0.1) is 0 Å². The second-order valence-corrected chi connectivity index (χ2v) is 31.1. The largest absolute Gasteiger partial charge is 0.411 e. The Bertz CT molecular complexity index is 5050. The van der Waals surface area contributed by atoms with Gasteiger partial charge in [0, 0.05) is 182 Å². The van der Waals surface area contributed by atoms with Crippen LogP contribution in [-0.4, -0.2) is 46.0 Å². The van der Waals surface area contributed by atoms with Gasteiger partial charge in [-0.05, 0) is 111 Å². The summed E-state index contributed by atoms with van der Waals surface area (Å²) in [6.45, 7) is 14.4. The van der Waals surface area contributed by atoms with Crippen LogP contribution in [0.1, 0.15) is 182 Å². The molecule has 2 fully saturated rings. The van der Waals surface area contributed by atoms with Gasteiger partial charge >= 0.3 is 11.9 Å². The first-order valence-electron chi connectivity index (χ1n) is 46.7. The zero-order valence-corrected chi connectivity index (χ0v) is 79.0. The molecule has 4 aromatic carbocycles. The van der Waals surface area contributed by atoms with Crippen molar-refractivity contribution < 1.29 is 105 Å². The zero-order valence-electron chi connectivity index (χ0n) is 79.0. The molecule has 0 aliphatic heterocycles. The highest BCUT2D eigenvalue weighted by Crippen LogP contribution is 2.24. The molecule has 0 saturated heterocycles. The first-order chi connectivity index (χ1) is 65.5.